The Balaban J connectivity index is 2.36. The molecule has 0 aromatic heterocycles. The highest BCUT2D eigenvalue weighted by Crippen LogP contribution is 2.32. The molecule has 0 saturated heterocycles. The first-order valence-electron chi connectivity index (χ1n) is 7.53. The van der Waals surface area contributed by atoms with E-state index in [2.05, 4.69) is 15.4 Å². The summed E-state index contributed by atoms with van der Waals surface area (Å²) in [5, 5.41) is 4.74. The lowest BCUT2D eigenvalue weighted by Gasteiger charge is -2.21. The zero-order chi connectivity index (χ0) is 18.0. The number of rotatable bonds is 9. The Labute approximate surface area is 138 Å². The largest absolute Gasteiger partial charge is 0.469 e. The molecule has 1 amide bonds. The van der Waals surface area contributed by atoms with Gasteiger partial charge in [-0.15, -0.1) is 0 Å². The van der Waals surface area contributed by atoms with Crippen LogP contribution in [0.5, 0.6) is 0 Å². The van der Waals surface area contributed by atoms with E-state index in [1.54, 1.807) is 6.07 Å². The lowest BCUT2D eigenvalue weighted by Crippen LogP contribution is -2.41. The number of nitrogens with one attached hydrogen (secondary N) is 2. The summed E-state index contributed by atoms with van der Waals surface area (Å²) in [6.45, 7) is -0.157. The number of carbonyl (C=O) groups excluding carboxylic acids is 2. The minimum absolute atomic E-state index is 0.0517. The molecule has 0 heterocycles. The summed E-state index contributed by atoms with van der Waals surface area (Å²) in [5.41, 5.74) is 0.0517. The first-order chi connectivity index (χ1) is 11.3. The minimum atomic E-state index is -4.50. The van der Waals surface area contributed by atoms with Crippen molar-refractivity contribution in [3.8, 4) is 0 Å². The SMILES string of the molecule is COC(=O)CCCCNC(=O)CNC(c1ccccc1)C(F)(F)F. The monoisotopic (exact) mass is 346 g/mol. The van der Waals surface area contributed by atoms with Gasteiger partial charge in [-0.2, -0.15) is 13.2 Å². The number of methoxy groups -OCH3 is 1. The van der Waals surface area contributed by atoms with Crippen molar-refractivity contribution in [3.05, 3.63) is 35.9 Å². The molecule has 1 unspecified atom stereocenters. The average Bonchev–Trinajstić information content (AvgIpc) is 2.54. The molecular weight excluding hydrogens is 325 g/mol. The number of alkyl halides is 3. The van der Waals surface area contributed by atoms with Gasteiger partial charge in [0.15, 0.2) is 0 Å². The molecule has 1 aromatic carbocycles. The van der Waals surface area contributed by atoms with Crippen LogP contribution in [0.4, 0.5) is 13.2 Å². The lowest BCUT2D eigenvalue weighted by atomic mass is 10.1. The third-order valence-electron chi connectivity index (χ3n) is 3.28. The van der Waals surface area contributed by atoms with Gasteiger partial charge < -0.3 is 10.1 Å². The Hall–Kier alpha value is -2.09. The van der Waals surface area contributed by atoms with E-state index in [0.717, 1.165) is 0 Å². The molecule has 134 valence electrons. The van der Waals surface area contributed by atoms with Crippen LogP contribution in [0.15, 0.2) is 30.3 Å². The topological polar surface area (TPSA) is 67.4 Å². The predicted molar refractivity (Wildman–Crippen MR) is 82.1 cm³/mol. The molecule has 1 rings (SSSR count). The molecule has 1 aromatic rings. The molecule has 0 radical (unpaired) electrons. The summed E-state index contributed by atoms with van der Waals surface area (Å²) in [7, 11) is 1.29. The number of ether oxygens (including phenoxy) is 1. The van der Waals surface area contributed by atoms with E-state index < -0.39 is 24.7 Å². The normalized spacial score (nSPS) is 12.5. The van der Waals surface area contributed by atoms with E-state index in [0.29, 0.717) is 19.4 Å². The number of hydrogen-bond donors (Lipinski definition) is 2. The fraction of sp³-hybridized carbons (Fsp3) is 0.500. The molecule has 2 N–H and O–H groups in total. The second-order valence-corrected chi connectivity index (χ2v) is 5.15. The molecule has 0 aliphatic carbocycles. The molecule has 0 aliphatic heterocycles. The average molecular weight is 346 g/mol. The molecular formula is C16H21F3N2O3. The maximum absolute atomic E-state index is 13.1. The second kappa shape index (κ2) is 9.92. The van der Waals surface area contributed by atoms with E-state index in [4.69, 9.17) is 0 Å². The Kier molecular flexibility index (Phi) is 8.25. The van der Waals surface area contributed by atoms with Crippen molar-refractivity contribution in [2.45, 2.75) is 31.5 Å². The van der Waals surface area contributed by atoms with Gasteiger partial charge in [0.2, 0.25) is 5.91 Å². The van der Waals surface area contributed by atoms with Gasteiger partial charge in [0, 0.05) is 13.0 Å². The third kappa shape index (κ3) is 7.45. The summed E-state index contributed by atoms with van der Waals surface area (Å²) >= 11 is 0. The van der Waals surface area contributed by atoms with Crippen LogP contribution in [0.3, 0.4) is 0 Å². The van der Waals surface area contributed by atoms with Gasteiger partial charge in [-0.05, 0) is 18.4 Å². The molecule has 0 bridgehead atoms. The maximum Gasteiger partial charge on any atom is 0.407 e. The van der Waals surface area contributed by atoms with Crippen molar-refractivity contribution in [3.63, 3.8) is 0 Å². The molecule has 24 heavy (non-hydrogen) atoms. The number of hydrogen-bond acceptors (Lipinski definition) is 4. The minimum Gasteiger partial charge on any atom is -0.469 e. The quantitative estimate of drug-likeness (QED) is 0.532. The molecule has 0 saturated carbocycles. The highest BCUT2D eigenvalue weighted by atomic mass is 19.4. The molecule has 0 aliphatic rings. The Bertz CT molecular complexity index is 521. The van der Waals surface area contributed by atoms with Crippen LogP contribution in [0.2, 0.25) is 0 Å². The summed E-state index contributed by atoms with van der Waals surface area (Å²) in [6, 6.07) is 5.46. The van der Waals surface area contributed by atoms with Crippen molar-refractivity contribution in [1.82, 2.24) is 10.6 Å². The van der Waals surface area contributed by atoms with E-state index in [1.165, 1.54) is 31.4 Å². The summed E-state index contributed by atoms with van der Waals surface area (Å²) in [4.78, 5) is 22.5. The highest BCUT2D eigenvalue weighted by molar-refractivity contribution is 5.78. The fourth-order valence-electron chi connectivity index (χ4n) is 2.05. The number of carbonyl (C=O) groups is 2. The summed E-state index contributed by atoms with van der Waals surface area (Å²) in [5.74, 6) is -0.864. The Morgan fingerprint density at radius 3 is 2.42 bits per heavy atom. The van der Waals surface area contributed by atoms with Crippen LogP contribution in [-0.2, 0) is 14.3 Å². The van der Waals surface area contributed by atoms with Gasteiger partial charge in [-0.25, -0.2) is 0 Å². The third-order valence-corrected chi connectivity index (χ3v) is 3.28. The number of unbranched alkanes of at least 4 members (excludes halogenated alkanes) is 1. The number of esters is 1. The van der Waals surface area contributed by atoms with Gasteiger partial charge in [-0.3, -0.25) is 14.9 Å². The number of halogens is 3. The van der Waals surface area contributed by atoms with Crippen LogP contribution < -0.4 is 10.6 Å². The maximum atomic E-state index is 13.1. The van der Waals surface area contributed by atoms with Crippen molar-refractivity contribution in [1.29, 1.82) is 0 Å². The van der Waals surface area contributed by atoms with E-state index in [9.17, 15) is 22.8 Å². The summed E-state index contributed by atoms with van der Waals surface area (Å²) < 4.78 is 43.7. The number of benzene rings is 1. The van der Waals surface area contributed by atoms with E-state index >= 15 is 0 Å². The van der Waals surface area contributed by atoms with Gasteiger partial charge in [0.1, 0.15) is 6.04 Å². The fourth-order valence-corrected chi connectivity index (χ4v) is 2.05. The Morgan fingerprint density at radius 1 is 1.17 bits per heavy atom. The molecule has 0 spiro atoms. The zero-order valence-corrected chi connectivity index (χ0v) is 13.4. The van der Waals surface area contributed by atoms with Crippen LogP contribution in [0, 0.1) is 0 Å². The van der Waals surface area contributed by atoms with Gasteiger partial charge in [-0.1, -0.05) is 30.3 Å². The van der Waals surface area contributed by atoms with Crippen LogP contribution in [0.25, 0.3) is 0 Å². The van der Waals surface area contributed by atoms with E-state index in [1.807, 2.05) is 0 Å². The molecule has 5 nitrogen and oxygen atoms in total. The second-order valence-electron chi connectivity index (χ2n) is 5.15. The van der Waals surface area contributed by atoms with Crippen molar-refractivity contribution in [2.24, 2.45) is 0 Å². The standard InChI is InChI=1S/C16H21F3N2O3/c1-24-14(23)9-5-6-10-20-13(22)11-21-15(16(17,18)19)12-7-3-2-4-8-12/h2-4,7-8,15,21H,5-6,9-11H2,1H3,(H,20,22). The molecule has 1 atom stereocenters. The van der Waals surface area contributed by atoms with Crippen LogP contribution in [0.1, 0.15) is 30.9 Å². The zero-order valence-electron chi connectivity index (χ0n) is 13.4. The molecule has 8 heteroatoms. The van der Waals surface area contributed by atoms with Crippen LogP contribution >= 0.6 is 0 Å². The van der Waals surface area contributed by atoms with Crippen molar-refractivity contribution >= 4 is 11.9 Å². The van der Waals surface area contributed by atoms with Crippen LogP contribution in [-0.4, -0.2) is 38.3 Å². The first-order valence-corrected chi connectivity index (χ1v) is 7.53. The van der Waals surface area contributed by atoms with Gasteiger partial charge in [0.05, 0.1) is 13.7 Å². The van der Waals surface area contributed by atoms with Crippen molar-refractivity contribution in [2.75, 3.05) is 20.2 Å². The highest BCUT2D eigenvalue weighted by Gasteiger charge is 2.40. The Morgan fingerprint density at radius 2 is 1.83 bits per heavy atom. The number of amides is 1. The summed E-state index contributed by atoms with van der Waals surface area (Å²) in [6.07, 6.45) is -3.17. The van der Waals surface area contributed by atoms with E-state index in [-0.39, 0.29) is 18.0 Å². The molecule has 0 fully saturated rings. The lowest BCUT2D eigenvalue weighted by molar-refractivity contribution is -0.158. The van der Waals surface area contributed by atoms with Gasteiger partial charge >= 0.3 is 12.1 Å². The predicted octanol–water partition coefficient (Wildman–Crippen LogP) is 2.34. The first kappa shape index (κ1) is 20.0. The van der Waals surface area contributed by atoms with Crippen molar-refractivity contribution < 1.29 is 27.5 Å². The van der Waals surface area contributed by atoms with Gasteiger partial charge in [0.25, 0.3) is 0 Å². The smallest absolute Gasteiger partial charge is 0.407 e.